The molecule has 2 heterocycles. The first-order valence-corrected chi connectivity index (χ1v) is 8.76. The van der Waals surface area contributed by atoms with E-state index in [0.717, 1.165) is 31.6 Å². The number of benzene rings is 1. The van der Waals surface area contributed by atoms with Crippen molar-refractivity contribution in [2.45, 2.75) is 25.9 Å². The molecule has 3 rings (SSSR count). The number of carbonyl (C=O) groups excluding carboxylic acids is 1. The molecule has 0 spiro atoms. The molecule has 5 heteroatoms. The Morgan fingerprint density at radius 3 is 2.76 bits per heavy atom. The first-order valence-electron chi connectivity index (χ1n) is 8.76. The maximum absolute atomic E-state index is 12.5. The third-order valence-electron chi connectivity index (χ3n) is 4.78. The van der Waals surface area contributed by atoms with Gasteiger partial charge in [0.15, 0.2) is 0 Å². The molecule has 2 aromatic rings. The van der Waals surface area contributed by atoms with Crippen molar-refractivity contribution < 1.29 is 9.90 Å². The van der Waals surface area contributed by atoms with E-state index < -0.39 is 0 Å². The summed E-state index contributed by atoms with van der Waals surface area (Å²) in [4.78, 5) is 19.0. The van der Waals surface area contributed by atoms with Gasteiger partial charge in [0.2, 0.25) is 0 Å². The average Bonchev–Trinajstić information content (AvgIpc) is 2.63. The molecule has 1 aliphatic heterocycles. The van der Waals surface area contributed by atoms with Gasteiger partial charge in [-0.2, -0.15) is 0 Å². The molecule has 1 fully saturated rings. The summed E-state index contributed by atoms with van der Waals surface area (Å²) < 4.78 is 0. The van der Waals surface area contributed by atoms with Crippen LogP contribution >= 0.6 is 0 Å². The smallest absolute Gasteiger partial charge is 0.270 e. The molecular weight excluding hydrogens is 314 g/mol. The largest absolute Gasteiger partial charge is 0.396 e. The highest BCUT2D eigenvalue weighted by molar-refractivity contribution is 5.92. The number of nitrogens with zero attached hydrogens (tertiary/aromatic N) is 2. The Morgan fingerprint density at radius 1 is 1.28 bits per heavy atom. The van der Waals surface area contributed by atoms with Crippen molar-refractivity contribution in [3.8, 4) is 0 Å². The van der Waals surface area contributed by atoms with Crippen molar-refractivity contribution >= 4 is 5.91 Å². The molecule has 0 bridgehead atoms. The second-order valence-electron chi connectivity index (χ2n) is 6.75. The number of aliphatic hydroxyl groups excluding tert-OH is 1. The number of likely N-dealkylation sites (tertiary alicyclic amines) is 1. The van der Waals surface area contributed by atoms with Crippen molar-refractivity contribution in [2.75, 3.05) is 19.7 Å². The molecular formula is C20H25N3O2. The van der Waals surface area contributed by atoms with Crippen LogP contribution in [0.4, 0.5) is 0 Å². The number of aromatic nitrogens is 1. The third kappa shape index (κ3) is 4.65. The summed E-state index contributed by atoms with van der Waals surface area (Å²) in [5.74, 6) is -0.0913. The summed E-state index contributed by atoms with van der Waals surface area (Å²) in [7, 11) is 0. The van der Waals surface area contributed by atoms with E-state index in [0.29, 0.717) is 5.69 Å². The lowest BCUT2D eigenvalue weighted by Gasteiger charge is -2.38. The number of aliphatic hydroxyl groups is 1. The monoisotopic (exact) mass is 339 g/mol. The van der Waals surface area contributed by atoms with Crippen LogP contribution in [0.3, 0.4) is 0 Å². The average molecular weight is 339 g/mol. The SMILES string of the molecule is Cc1ccc(C(=O)N[C@@H]2CN(Cc3ccccc3)CC[C@H]2CO)nc1. The van der Waals surface area contributed by atoms with Crippen molar-refractivity contribution in [3.05, 3.63) is 65.5 Å². The zero-order valence-electron chi connectivity index (χ0n) is 14.6. The summed E-state index contributed by atoms with van der Waals surface area (Å²) >= 11 is 0. The van der Waals surface area contributed by atoms with E-state index in [1.165, 1.54) is 5.56 Å². The fourth-order valence-electron chi connectivity index (χ4n) is 3.28. The molecule has 132 valence electrons. The molecule has 0 unspecified atom stereocenters. The summed E-state index contributed by atoms with van der Waals surface area (Å²) in [5, 5.41) is 12.7. The van der Waals surface area contributed by atoms with Crippen molar-refractivity contribution in [2.24, 2.45) is 5.92 Å². The first-order chi connectivity index (χ1) is 12.2. The molecule has 0 saturated carbocycles. The van der Waals surface area contributed by atoms with Gasteiger partial charge in [-0.15, -0.1) is 0 Å². The van der Waals surface area contributed by atoms with Gasteiger partial charge in [0.25, 0.3) is 5.91 Å². The molecule has 2 atom stereocenters. The van der Waals surface area contributed by atoms with Crippen molar-refractivity contribution in [1.82, 2.24) is 15.2 Å². The summed E-state index contributed by atoms with van der Waals surface area (Å²) in [6, 6.07) is 13.9. The van der Waals surface area contributed by atoms with Gasteiger partial charge < -0.3 is 10.4 Å². The quantitative estimate of drug-likeness (QED) is 0.874. The van der Waals surface area contributed by atoms with Gasteiger partial charge in [0.1, 0.15) is 5.69 Å². The van der Waals surface area contributed by atoms with E-state index >= 15 is 0 Å². The molecule has 1 aliphatic rings. The van der Waals surface area contributed by atoms with Gasteiger partial charge in [-0.3, -0.25) is 14.7 Å². The fraction of sp³-hybridized carbons (Fsp3) is 0.400. The Balaban J connectivity index is 1.64. The Kier molecular flexibility index (Phi) is 5.79. The fourth-order valence-corrected chi connectivity index (χ4v) is 3.28. The van der Waals surface area contributed by atoms with Crippen LogP contribution in [0.2, 0.25) is 0 Å². The van der Waals surface area contributed by atoms with Gasteiger partial charge in [-0.25, -0.2) is 0 Å². The number of amides is 1. The minimum atomic E-state index is -0.176. The van der Waals surface area contributed by atoms with E-state index in [1.807, 2.05) is 31.2 Å². The number of hydrogen-bond acceptors (Lipinski definition) is 4. The van der Waals surface area contributed by atoms with Crippen molar-refractivity contribution in [3.63, 3.8) is 0 Å². The standard InChI is InChI=1S/C20H25N3O2/c1-15-7-8-18(21-11-15)20(25)22-19-13-23(10-9-17(19)14-24)12-16-5-3-2-4-6-16/h2-8,11,17,19,24H,9-10,12-14H2,1H3,(H,22,25)/t17-,19+/m0/s1. The molecule has 5 nitrogen and oxygen atoms in total. The van der Waals surface area contributed by atoms with E-state index in [-0.39, 0.29) is 24.5 Å². The van der Waals surface area contributed by atoms with E-state index in [1.54, 1.807) is 12.3 Å². The van der Waals surface area contributed by atoms with E-state index in [2.05, 4.69) is 27.3 Å². The summed E-state index contributed by atoms with van der Waals surface area (Å²) in [5.41, 5.74) is 2.70. The molecule has 1 aromatic carbocycles. The lowest BCUT2D eigenvalue weighted by molar-refractivity contribution is 0.0727. The van der Waals surface area contributed by atoms with E-state index in [4.69, 9.17) is 0 Å². The lowest BCUT2D eigenvalue weighted by atomic mass is 9.91. The van der Waals surface area contributed by atoms with E-state index in [9.17, 15) is 9.90 Å². The Labute approximate surface area is 148 Å². The highest BCUT2D eigenvalue weighted by atomic mass is 16.3. The molecule has 0 aliphatic carbocycles. The number of piperidine rings is 1. The topological polar surface area (TPSA) is 65.5 Å². The van der Waals surface area contributed by atoms with Crippen LogP contribution in [0.5, 0.6) is 0 Å². The molecule has 2 N–H and O–H groups in total. The van der Waals surface area contributed by atoms with Crippen LogP contribution < -0.4 is 5.32 Å². The Morgan fingerprint density at radius 2 is 2.08 bits per heavy atom. The van der Waals surface area contributed by atoms with Gasteiger partial charge in [0.05, 0.1) is 0 Å². The number of hydrogen-bond donors (Lipinski definition) is 2. The number of carbonyl (C=O) groups is 1. The number of pyridine rings is 1. The lowest BCUT2D eigenvalue weighted by Crippen LogP contribution is -2.53. The normalized spacial score (nSPS) is 21.0. The minimum absolute atomic E-state index is 0.0712. The third-order valence-corrected chi connectivity index (χ3v) is 4.78. The second-order valence-corrected chi connectivity index (χ2v) is 6.75. The predicted octanol–water partition coefficient (Wildman–Crippen LogP) is 2.00. The zero-order chi connectivity index (χ0) is 17.6. The predicted molar refractivity (Wildman–Crippen MR) is 97.1 cm³/mol. The highest BCUT2D eigenvalue weighted by Gasteiger charge is 2.30. The van der Waals surface area contributed by atoms with Gasteiger partial charge in [-0.05, 0) is 37.1 Å². The number of nitrogens with one attached hydrogen (secondary N) is 1. The van der Waals surface area contributed by atoms with Crippen LogP contribution in [0, 0.1) is 12.8 Å². The molecule has 0 radical (unpaired) electrons. The van der Waals surface area contributed by atoms with Gasteiger partial charge in [-0.1, -0.05) is 36.4 Å². The van der Waals surface area contributed by atoms with Crippen LogP contribution in [0.15, 0.2) is 48.7 Å². The van der Waals surface area contributed by atoms with Gasteiger partial charge in [0, 0.05) is 37.9 Å². The maximum atomic E-state index is 12.5. The Bertz CT molecular complexity index is 688. The Hall–Kier alpha value is -2.24. The number of aryl methyl sites for hydroxylation is 1. The van der Waals surface area contributed by atoms with Crippen LogP contribution in [0.1, 0.15) is 28.0 Å². The molecule has 1 saturated heterocycles. The van der Waals surface area contributed by atoms with Crippen LogP contribution in [-0.2, 0) is 6.54 Å². The maximum Gasteiger partial charge on any atom is 0.270 e. The second kappa shape index (κ2) is 8.23. The first kappa shape index (κ1) is 17.6. The number of rotatable bonds is 5. The molecule has 1 aromatic heterocycles. The summed E-state index contributed by atoms with van der Waals surface area (Å²) in [6.45, 7) is 4.55. The molecule has 25 heavy (non-hydrogen) atoms. The highest BCUT2D eigenvalue weighted by Crippen LogP contribution is 2.20. The zero-order valence-corrected chi connectivity index (χ0v) is 14.6. The molecule has 1 amide bonds. The van der Waals surface area contributed by atoms with Gasteiger partial charge >= 0.3 is 0 Å². The van der Waals surface area contributed by atoms with Crippen LogP contribution in [-0.4, -0.2) is 46.6 Å². The van der Waals surface area contributed by atoms with Crippen molar-refractivity contribution in [1.29, 1.82) is 0 Å². The minimum Gasteiger partial charge on any atom is -0.396 e. The summed E-state index contributed by atoms with van der Waals surface area (Å²) in [6.07, 6.45) is 2.57. The van der Waals surface area contributed by atoms with Crippen LogP contribution in [0.25, 0.3) is 0 Å².